The Morgan fingerprint density at radius 1 is 0.696 bits per heavy atom. The van der Waals surface area contributed by atoms with E-state index in [4.69, 9.17) is 23.9 Å². The van der Waals surface area contributed by atoms with Crippen LogP contribution in [0.15, 0.2) is 121 Å². The average molecular weight is 619 g/mol. The molecule has 0 radical (unpaired) electrons. The lowest BCUT2D eigenvalue weighted by molar-refractivity contribution is -0.192. The maximum absolute atomic E-state index is 10.7. The summed E-state index contributed by atoms with van der Waals surface area (Å²) in [7, 11) is 0. The quantitative estimate of drug-likeness (QED) is 0.138. The molecule has 1 aliphatic heterocycles. The van der Waals surface area contributed by atoms with Crippen LogP contribution in [-0.4, -0.2) is 39.6 Å². The molecule has 46 heavy (non-hydrogen) atoms. The van der Waals surface area contributed by atoms with E-state index in [1.165, 1.54) is 0 Å². The first-order valence-corrected chi connectivity index (χ1v) is 16.0. The molecule has 0 fully saturated rings. The molecular weight excluding hydrogens is 576 g/mol. The number of benzene rings is 4. The van der Waals surface area contributed by atoms with E-state index in [9.17, 15) is 5.11 Å². The lowest BCUT2D eigenvalue weighted by Crippen LogP contribution is -2.50. The van der Waals surface area contributed by atoms with Gasteiger partial charge in [0, 0.05) is 6.20 Å². The number of aliphatic hydroxyl groups excluding tert-OH is 1. The predicted molar refractivity (Wildman–Crippen MR) is 178 cm³/mol. The minimum atomic E-state index is -0.508. The van der Waals surface area contributed by atoms with Crippen molar-refractivity contribution in [1.29, 1.82) is 0 Å². The monoisotopic (exact) mass is 618 g/mol. The number of aryl methyl sites for hydroxylation is 2. The molecule has 0 aliphatic carbocycles. The largest absolute Gasteiger partial charge is 0.457 e. The highest BCUT2D eigenvalue weighted by atomic mass is 16.6. The van der Waals surface area contributed by atoms with Crippen molar-refractivity contribution >= 4 is 0 Å². The highest BCUT2D eigenvalue weighted by molar-refractivity contribution is 5.34. The van der Waals surface area contributed by atoms with Gasteiger partial charge in [0.25, 0.3) is 0 Å². The van der Waals surface area contributed by atoms with Gasteiger partial charge in [-0.3, -0.25) is 0 Å². The van der Waals surface area contributed by atoms with Gasteiger partial charge in [-0.2, -0.15) is 0 Å². The number of ether oxygens (including phenoxy) is 4. The number of hydrogen-bond donors (Lipinski definition) is 1. The number of nitrogens with zero attached hydrogens (tertiary/aromatic N) is 2. The van der Waals surface area contributed by atoms with E-state index < -0.39 is 18.3 Å². The number of imidazole rings is 1. The first kappa shape index (κ1) is 31.7. The molecule has 4 aromatic carbocycles. The van der Waals surface area contributed by atoms with Crippen LogP contribution in [0.2, 0.25) is 0 Å². The van der Waals surface area contributed by atoms with Crippen LogP contribution in [0.1, 0.15) is 54.2 Å². The van der Waals surface area contributed by atoms with Crippen LogP contribution in [0.25, 0.3) is 0 Å². The van der Waals surface area contributed by atoms with Crippen LogP contribution in [-0.2, 0) is 40.3 Å². The van der Waals surface area contributed by atoms with Crippen LogP contribution in [0.4, 0.5) is 0 Å². The number of aromatic nitrogens is 2. The third kappa shape index (κ3) is 7.92. The summed E-state index contributed by atoms with van der Waals surface area (Å²) in [6.45, 7) is 4.68. The average Bonchev–Trinajstić information content (AvgIpc) is 3.51. The summed E-state index contributed by atoms with van der Waals surface area (Å²) in [4.78, 5) is 5.13. The number of rotatable bonds is 14. The SMILES string of the molecule is CC(C)O[C@H]1[C@H](OCc2ccccc2)[C@@H](OCc2ccccc2)c2nc(CCc3cccc(Oc4ccccc4)c3)cn2[C@@H]1CO. The fraction of sp³-hybridized carbons (Fsp3) is 0.308. The Morgan fingerprint density at radius 2 is 1.30 bits per heavy atom. The lowest BCUT2D eigenvalue weighted by atomic mass is 9.95. The van der Waals surface area contributed by atoms with Crippen molar-refractivity contribution < 1.29 is 24.1 Å². The summed E-state index contributed by atoms with van der Waals surface area (Å²) >= 11 is 0. The van der Waals surface area contributed by atoms with E-state index in [2.05, 4.69) is 28.8 Å². The van der Waals surface area contributed by atoms with Crippen molar-refractivity contribution in [3.05, 3.63) is 150 Å². The number of fused-ring (bicyclic) bond motifs is 1. The van der Waals surface area contributed by atoms with Crippen molar-refractivity contribution in [2.45, 2.75) is 70.4 Å². The van der Waals surface area contributed by atoms with Crippen LogP contribution in [0.3, 0.4) is 0 Å². The molecule has 0 unspecified atom stereocenters. The number of para-hydroxylation sites is 1. The van der Waals surface area contributed by atoms with Crippen molar-refractivity contribution in [2.24, 2.45) is 0 Å². The minimum Gasteiger partial charge on any atom is -0.457 e. The summed E-state index contributed by atoms with van der Waals surface area (Å²) in [6.07, 6.45) is 2.02. The maximum atomic E-state index is 10.7. The maximum Gasteiger partial charge on any atom is 0.144 e. The fourth-order valence-corrected chi connectivity index (χ4v) is 5.97. The molecule has 238 valence electrons. The Hall–Kier alpha value is -4.27. The van der Waals surface area contributed by atoms with Crippen molar-refractivity contribution in [1.82, 2.24) is 9.55 Å². The van der Waals surface area contributed by atoms with Crippen molar-refractivity contribution in [2.75, 3.05) is 6.61 Å². The molecule has 0 spiro atoms. The lowest BCUT2D eigenvalue weighted by Gasteiger charge is -2.43. The highest BCUT2D eigenvalue weighted by Crippen LogP contribution is 2.40. The summed E-state index contributed by atoms with van der Waals surface area (Å²) in [5.41, 5.74) is 4.19. The van der Waals surface area contributed by atoms with Gasteiger partial charge in [-0.1, -0.05) is 91.0 Å². The Kier molecular flexibility index (Phi) is 10.6. The Bertz CT molecular complexity index is 1640. The van der Waals surface area contributed by atoms with Gasteiger partial charge >= 0.3 is 0 Å². The molecule has 1 aromatic heterocycles. The van der Waals surface area contributed by atoms with Crippen LogP contribution in [0.5, 0.6) is 11.5 Å². The number of hydrogen-bond acceptors (Lipinski definition) is 6. The molecular formula is C39H42N2O5. The summed E-state index contributed by atoms with van der Waals surface area (Å²) in [5, 5.41) is 10.7. The molecule has 0 saturated heterocycles. The van der Waals surface area contributed by atoms with Crippen molar-refractivity contribution in [3.8, 4) is 11.5 Å². The molecule has 0 amide bonds. The van der Waals surface area contributed by atoms with E-state index in [1.807, 2.05) is 111 Å². The third-order valence-electron chi connectivity index (χ3n) is 8.15. The second-order valence-corrected chi connectivity index (χ2v) is 11.9. The van der Waals surface area contributed by atoms with Crippen LogP contribution < -0.4 is 4.74 Å². The van der Waals surface area contributed by atoms with Gasteiger partial charge in [0.2, 0.25) is 0 Å². The smallest absolute Gasteiger partial charge is 0.144 e. The first-order valence-electron chi connectivity index (χ1n) is 16.0. The first-order chi connectivity index (χ1) is 22.6. The zero-order chi connectivity index (χ0) is 31.7. The minimum absolute atomic E-state index is 0.0772. The van der Waals surface area contributed by atoms with Crippen molar-refractivity contribution in [3.63, 3.8) is 0 Å². The molecule has 5 aromatic rings. The van der Waals surface area contributed by atoms with Gasteiger partial charge in [-0.15, -0.1) is 0 Å². The number of aliphatic hydroxyl groups is 1. The second-order valence-electron chi connectivity index (χ2n) is 11.9. The molecule has 0 bridgehead atoms. The fourth-order valence-electron chi connectivity index (χ4n) is 5.97. The summed E-state index contributed by atoms with van der Waals surface area (Å²) < 4.78 is 27.9. The normalized spacial score (nSPS) is 19.2. The van der Waals surface area contributed by atoms with Gasteiger partial charge in [-0.05, 0) is 67.6 Å². The zero-order valence-electron chi connectivity index (χ0n) is 26.4. The zero-order valence-corrected chi connectivity index (χ0v) is 26.4. The standard InChI is InChI=1S/C39H42N2O5/c1-28(2)45-36-35(25-42)41-24-32(22-21-29-17-12-20-34(23-29)46-33-18-10-5-11-19-33)40-39(41)38(44-27-31-15-8-4-9-16-31)37(36)43-26-30-13-6-3-7-14-30/h3-20,23-24,28,35-38,42H,21-22,25-27H2,1-2H3/t35-,36-,37+,38-/m1/s1. The van der Waals surface area contributed by atoms with E-state index >= 15 is 0 Å². The summed E-state index contributed by atoms with van der Waals surface area (Å²) in [6, 6.07) is 37.8. The molecule has 6 rings (SSSR count). The Balaban J connectivity index is 1.27. The second kappa shape index (κ2) is 15.3. The Labute approximate surface area is 271 Å². The molecule has 1 aliphatic rings. The van der Waals surface area contributed by atoms with Gasteiger partial charge in [0.1, 0.15) is 35.6 Å². The van der Waals surface area contributed by atoms with E-state index in [0.29, 0.717) is 19.6 Å². The molecule has 7 nitrogen and oxygen atoms in total. The Morgan fingerprint density at radius 3 is 1.96 bits per heavy atom. The topological polar surface area (TPSA) is 75.0 Å². The van der Waals surface area contributed by atoms with Gasteiger partial charge in [-0.25, -0.2) is 4.98 Å². The van der Waals surface area contributed by atoms with Gasteiger partial charge < -0.3 is 28.6 Å². The van der Waals surface area contributed by atoms with Gasteiger partial charge in [0.05, 0.1) is 37.7 Å². The third-order valence-corrected chi connectivity index (χ3v) is 8.15. The predicted octanol–water partition coefficient (Wildman–Crippen LogP) is 7.64. The summed E-state index contributed by atoms with van der Waals surface area (Å²) in [5.74, 6) is 2.35. The molecule has 4 atom stereocenters. The van der Waals surface area contributed by atoms with E-state index in [0.717, 1.165) is 46.1 Å². The highest BCUT2D eigenvalue weighted by Gasteiger charge is 2.46. The van der Waals surface area contributed by atoms with Crippen LogP contribution in [0, 0.1) is 0 Å². The van der Waals surface area contributed by atoms with E-state index in [1.54, 1.807) is 0 Å². The molecule has 7 heteroatoms. The molecule has 1 N–H and O–H groups in total. The van der Waals surface area contributed by atoms with Gasteiger partial charge in [0.15, 0.2) is 0 Å². The van der Waals surface area contributed by atoms with Crippen LogP contribution >= 0.6 is 0 Å². The van der Waals surface area contributed by atoms with E-state index in [-0.39, 0.29) is 18.8 Å². The molecule has 0 saturated carbocycles. The molecule has 2 heterocycles.